The molecule has 0 aromatic heterocycles. The highest BCUT2D eigenvalue weighted by molar-refractivity contribution is 5.29. The molecule has 0 radical (unpaired) electrons. The molecule has 1 rings (SSSR count). The molecule has 1 aromatic rings. The monoisotopic (exact) mass is 257 g/mol. The van der Waals surface area contributed by atoms with Gasteiger partial charge in [-0.3, -0.25) is 0 Å². The Kier molecular flexibility index (Phi) is 8.81. The van der Waals surface area contributed by atoms with Crippen LogP contribution < -0.4 is 0 Å². The van der Waals surface area contributed by atoms with Crippen molar-refractivity contribution in [1.82, 2.24) is 0 Å². The molecule has 0 N–H and O–H groups in total. The fourth-order valence-corrected chi connectivity index (χ4v) is 2.51. The number of nitrogens with zero attached hydrogens (tertiary/aromatic N) is 1. The van der Waals surface area contributed by atoms with Crippen molar-refractivity contribution >= 4 is 0 Å². The molecule has 0 bridgehead atoms. The first-order valence-electron chi connectivity index (χ1n) is 7.82. The largest absolute Gasteiger partial charge is 0.198 e. The van der Waals surface area contributed by atoms with E-state index in [4.69, 9.17) is 5.26 Å². The molecule has 1 heteroatoms. The zero-order valence-corrected chi connectivity index (χ0v) is 12.3. The maximum absolute atomic E-state index is 8.81. The van der Waals surface area contributed by atoms with Crippen LogP contribution in [0.5, 0.6) is 0 Å². The Morgan fingerprint density at radius 1 is 0.842 bits per heavy atom. The second-order valence-electron chi connectivity index (χ2n) is 5.33. The third-order valence-corrected chi connectivity index (χ3v) is 3.69. The molecule has 0 aliphatic rings. The van der Waals surface area contributed by atoms with E-state index in [-0.39, 0.29) is 0 Å². The van der Waals surface area contributed by atoms with Gasteiger partial charge in [0.25, 0.3) is 0 Å². The molecular weight excluding hydrogens is 230 g/mol. The van der Waals surface area contributed by atoms with E-state index in [1.54, 1.807) is 0 Å². The van der Waals surface area contributed by atoms with Gasteiger partial charge in [-0.15, -0.1) is 0 Å². The molecule has 0 aliphatic carbocycles. The number of unbranched alkanes of at least 4 members (excludes halogenated alkanes) is 7. The highest BCUT2D eigenvalue weighted by Crippen LogP contribution is 2.15. The lowest BCUT2D eigenvalue weighted by atomic mass is 9.99. The van der Waals surface area contributed by atoms with Gasteiger partial charge in [-0.25, -0.2) is 0 Å². The van der Waals surface area contributed by atoms with Crippen molar-refractivity contribution < 1.29 is 0 Å². The number of hydrogen-bond donors (Lipinski definition) is 0. The Balaban J connectivity index is 2.14. The van der Waals surface area contributed by atoms with Gasteiger partial charge in [0, 0.05) is 0 Å². The molecule has 0 fully saturated rings. The first-order valence-corrected chi connectivity index (χ1v) is 7.82. The summed E-state index contributed by atoms with van der Waals surface area (Å²) in [6, 6.07) is 10.6. The summed E-state index contributed by atoms with van der Waals surface area (Å²) in [5, 5.41) is 8.81. The zero-order valence-electron chi connectivity index (χ0n) is 12.3. The minimum absolute atomic E-state index is 0.549. The summed E-state index contributed by atoms with van der Waals surface area (Å²) in [6.07, 6.45) is 12.5. The summed E-state index contributed by atoms with van der Waals surface area (Å²) < 4.78 is 0. The SMILES string of the molecule is CCCCCCCCCCc1ccccc1CC#N. The van der Waals surface area contributed by atoms with Crippen molar-refractivity contribution in [2.24, 2.45) is 0 Å². The predicted molar refractivity (Wildman–Crippen MR) is 82.1 cm³/mol. The maximum Gasteiger partial charge on any atom is 0.0669 e. The lowest BCUT2D eigenvalue weighted by molar-refractivity contribution is 0.575. The van der Waals surface area contributed by atoms with Crippen LogP contribution in [0.2, 0.25) is 0 Å². The van der Waals surface area contributed by atoms with Crippen LogP contribution in [0.3, 0.4) is 0 Å². The molecule has 0 amide bonds. The Morgan fingerprint density at radius 2 is 1.42 bits per heavy atom. The van der Waals surface area contributed by atoms with E-state index in [0.717, 1.165) is 6.42 Å². The summed E-state index contributed by atoms with van der Waals surface area (Å²) >= 11 is 0. The van der Waals surface area contributed by atoms with Gasteiger partial charge in [-0.2, -0.15) is 5.26 Å². The minimum atomic E-state index is 0.549. The second-order valence-corrected chi connectivity index (χ2v) is 5.33. The molecule has 104 valence electrons. The molecular formula is C18H27N. The summed E-state index contributed by atoms with van der Waals surface area (Å²) in [7, 11) is 0. The van der Waals surface area contributed by atoms with Crippen LogP contribution >= 0.6 is 0 Å². The minimum Gasteiger partial charge on any atom is -0.198 e. The van der Waals surface area contributed by atoms with Gasteiger partial charge in [0.2, 0.25) is 0 Å². The van der Waals surface area contributed by atoms with Crippen LogP contribution in [0.1, 0.15) is 69.4 Å². The number of benzene rings is 1. The van der Waals surface area contributed by atoms with Crippen molar-refractivity contribution in [2.75, 3.05) is 0 Å². The van der Waals surface area contributed by atoms with E-state index in [2.05, 4.69) is 31.2 Å². The van der Waals surface area contributed by atoms with E-state index >= 15 is 0 Å². The van der Waals surface area contributed by atoms with Crippen molar-refractivity contribution in [2.45, 2.75) is 71.1 Å². The van der Waals surface area contributed by atoms with E-state index in [1.165, 1.54) is 62.5 Å². The summed E-state index contributed by atoms with van der Waals surface area (Å²) in [5.41, 5.74) is 2.59. The first-order chi connectivity index (χ1) is 9.38. The predicted octanol–water partition coefficient (Wildman–Crippen LogP) is 5.44. The van der Waals surface area contributed by atoms with Gasteiger partial charge in [0.1, 0.15) is 0 Å². The standard InChI is InChI=1S/C18H27N/c1-2-3-4-5-6-7-8-9-12-17-13-10-11-14-18(17)15-16-19/h10-11,13-14H,2-9,12,15H2,1H3. The highest BCUT2D eigenvalue weighted by atomic mass is 14.2. The molecule has 0 heterocycles. The van der Waals surface area contributed by atoms with Gasteiger partial charge in [-0.1, -0.05) is 76.1 Å². The average Bonchev–Trinajstić information content (AvgIpc) is 2.44. The fraction of sp³-hybridized carbons (Fsp3) is 0.611. The summed E-state index contributed by atoms with van der Waals surface area (Å²) in [6.45, 7) is 2.26. The van der Waals surface area contributed by atoms with Gasteiger partial charge in [-0.05, 0) is 24.0 Å². The van der Waals surface area contributed by atoms with Gasteiger partial charge < -0.3 is 0 Å². The third-order valence-electron chi connectivity index (χ3n) is 3.69. The molecule has 19 heavy (non-hydrogen) atoms. The van der Waals surface area contributed by atoms with E-state index in [0.29, 0.717) is 6.42 Å². The Hall–Kier alpha value is -1.29. The molecule has 1 aromatic carbocycles. The van der Waals surface area contributed by atoms with Crippen molar-refractivity contribution in [3.05, 3.63) is 35.4 Å². The van der Waals surface area contributed by atoms with Crippen LogP contribution in [-0.2, 0) is 12.8 Å². The molecule has 0 aliphatic heterocycles. The zero-order chi connectivity index (χ0) is 13.8. The smallest absolute Gasteiger partial charge is 0.0669 e. The van der Waals surface area contributed by atoms with Gasteiger partial charge in [0.15, 0.2) is 0 Å². The molecule has 0 saturated heterocycles. The molecule has 0 unspecified atom stereocenters. The quantitative estimate of drug-likeness (QED) is 0.512. The topological polar surface area (TPSA) is 23.8 Å². The van der Waals surface area contributed by atoms with Crippen LogP contribution in [0.15, 0.2) is 24.3 Å². The van der Waals surface area contributed by atoms with Crippen LogP contribution in [-0.4, -0.2) is 0 Å². The van der Waals surface area contributed by atoms with Crippen LogP contribution in [0.4, 0.5) is 0 Å². The summed E-state index contributed by atoms with van der Waals surface area (Å²) in [4.78, 5) is 0. The van der Waals surface area contributed by atoms with E-state index < -0.39 is 0 Å². The normalized spacial score (nSPS) is 10.3. The third kappa shape index (κ3) is 7.01. The average molecular weight is 257 g/mol. The lowest BCUT2D eigenvalue weighted by Crippen LogP contribution is -1.93. The van der Waals surface area contributed by atoms with Crippen molar-refractivity contribution in [3.8, 4) is 6.07 Å². The molecule has 0 spiro atoms. The maximum atomic E-state index is 8.81. The van der Waals surface area contributed by atoms with Crippen LogP contribution in [0.25, 0.3) is 0 Å². The fourth-order valence-electron chi connectivity index (χ4n) is 2.51. The molecule has 1 nitrogen and oxygen atoms in total. The Labute approximate surface area is 118 Å². The van der Waals surface area contributed by atoms with E-state index in [9.17, 15) is 0 Å². The number of aryl methyl sites for hydroxylation is 1. The summed E-state index contributed by atoms with van der Waals surface area (Å²) in [5.74, 6) is 0. The highest BCUT2D eigenvalue weighted by Gasteiger charge is 2.00. The molecule has 0 atom stereocenters. The molecule has 0 saturated carbocycles. The van der Waals surface area contributed by atoms with Gasteiger partial charge in [0.05, 0.1) is 12.5 Å². The number of nitriles is 1. The Bertz CT molecular complexity index is 376. The number of hydrogen-bond acceptors (Lipinski definition) is 1. The second kappa shape index (κ2) is 10.6. The van der Waals surface area contributed by atoms with Crippen molar-refractivity contribution in [1.29, 1.82) is 5.26 Å². The number of rotatable bonds is 10. The first kappa shape index (κ1) is 15.8. The van der Waals surface area contributed by atoms with Gasteiger partial charge >= 0.3 is 0 Å². The van der Waals surface area contributed by atoms with Crippen molar-refractivity contribution in [3.63, 3.8) is 0 Å². The Morgan fingerprint density at radius 3 is 2.05 bits per heavy atom. The lowest BCUT2D eigenvalue weighted by Gasteiger charge is -2.06. The van der Waals surface area contributed by atoms with Crippen LogP contribution in [0, 0.1) is 11.3 Å². The van der Waals surface area contributed by atoms with E-state index in [1.807, 2.05) is 6.07 Å².